The Bertz CT molecular complexity index is 570. The van der Waals surface area contributed by atoms with Crippen molar-refractivity contribution in [2.45, 2.75) is 0 Å². The van der Waals surface area contributed by atoms with E-state index in [0.29, 0.717) is 5.75 Å². The number of ether oxygens (including phenoxy) is 1. The zero-order valence-electron chi connectivity index (χ0n) is 9.90. The number of rotatable bonds is 4. The molecule has 0 aliphatic heterocycles. The van der Waals surface area contributed by atoms with E-state index in [4.69, 9.17) is 4.74 Å². The molecule has 0 aromatic heterocycles. The number of para-hydroxylation sites is 1. The van der Waals surface area contributed by atoms with Gasteiger partial charge >= 0.3 is 0 Å². The Kier molecular flexibility index (Phi) is 4.99. The summed E-state index contributed by atoms with van der Waals surface area (Å²) in [6, 6.07) is 14.8. The van der Waals surface area contributed by atoms with Gasteiger partial charge in [0.15, 0.2) is 6.61 Å². The van der Waals surface area contributed by atoms with Gasteiger partial charge in [0.2, 0.25) is 0 Å². The molecule has 0 spiro atoms. The topological polar surface area (TPSA) is 38.3 Å². The van der Waals surface area contributed by atoms with Gasteiger partial charge in [-0.25, -0.2) is 0 Å². The van der Waals surface area contributed by atoms with E-state index >= 15 is 0 Å². The lowest BCUT2D eigenvalue weighted by Gasteiger charge is -2.08. The normalized spacial score (nSPS) is 10.0. The van der Waals surface area contributed by atoms with Crippen LogP contribution in [0.25, 0.3) is 0 Å². The van der Waals surface area contributed by atoms with E-state index in [9.17, 15) is 4.79 Å². The molecular weight excluding hydrogens is 374 g/mol. The van der Waals surface area contributed by atoms with E-state index in [1.165, 1.54) is 0 Å². The molecule has 0 fully saturated rings. The van der Waals surface area contributed by atoms with Crippen LogP contribution in [-0.4, -0.2) is 12.5 Å². The molecule has 1 amide bonds. The minimum absolute atomic E-state index is 0.0291. The van der Waals surface area contributed by atoms with Gasteiger partial charge in [-0.1, -0.05) is 28.1 Å². The molecule has 3 nitrogen and oxygen atoms in total. The van der Waals surface area contributed by atoms with Crippen LogP contribution in [-0.2, 0) is 4.79 Å². The van der Waals surface area contributed by atoms with Crippen LogP contribution in [0.15, 0.2) is 57.5 Å². The van der Waals surface area contributed by atoms with Gasteiger partial charge < -0.3 is 10.1 Å². The maximum atomic E-state index is 11.7. The summed E-state index contributed by atoms with van der Waals surface area (Å²) in [7, 11) is 0. The Morgan fingerprint density at radius 3 is 2.42 bits per heavy atom. The third-order valence-electron chi connectivity index (χ3n) is 2.32. The standard InChI is InChI=1S/C14H11Br2NO2/c15-10-5-7-11(8-6-10)17-14(18)9-19-13-4-2-1-3-12(13)16/h1-8H,9H2,(H,17,18). The van der Waals surface area contributed by atoms with Crippen LogP contribution in [0.3, 0.4) is 0 Å². The largest absolute Gasteiger partial charge is 0.483 e. The van der Waals surface area contributed by atoms with E-state index in [2.05, 4.69) is 37.2 Å². The van der Waals surface area contributed by atoms with Gasteiger partial charge in [-0.15, -0.1) is 0 Å². The Morgan fingerprint density at radius 1 is 1.05 bits per heavy atom. The summed E-state index contributed by atoms with van der Waals surface area (Å²) in [5, 5.41) is 2.76. The minimum atomic E-state index is -0.196. The van der Waals surface area contributed by atoms with Crippen LogP contribution in [0.2, 0.25) is 0 Å². The first-order valence-corrected chi connectivity index (χ1v) is 7.16. The lowest BCUT2D eigenvalue weighted by Crippen LogP contribution is -2.20. The highest BCUT2D eigenvalue weighted by Gasteiger charge is 2.05. The molecule has 0 bridgehead atoms. The highest BCUT2D eigenvalue weighted by Crippen LogP contribution is 2.23. The second-order valence-corrected chi connectivity index (χ2v) is 5.54. The maximum absolute atomic E-state index is 11.7. The lowest BCUT2D eigenvalue weighted by molar-refractivity contribution is -0.118. The maximum Gasteiger partial charge on any atom is 0.262 e. The van der Waals surface area contributed by atoms with Crippen molar-refractivity contribution in [2.24, 2.45) is 0 Å². The lowest BCUT2D eigenvalue weighted by atomic mass is 10.3. The quantitative estimate of drug-likeness (QED) is 0.856. The molecule has 2 aromatic rings. The highest BCUT2D eigenvalue weighted by atomic mass is 79.9. The van der Waals surface area contributed by atoms with E-state index in [-0.39, 0.29) is 12.5 Å². The monoisotopic (exact) mass is 383 g/mol. The first-order valence-electron chi connectivity index (χ1n) is 5.58. The third kappa shape index (κ3) is 4.36. The minimum Gasteiger partial charge on any atom is -0.483 e. The highest BCUT2D eigenvalue weighted by molar-refractivity contribution is 9.10. The number of carbonyl (C=O) groups is 1. The van der Waals surface area contributed by atoms with E-state index in [1.54, 1.807) is 6.07 Å². The summed E-state index contributed by atoms with van der Waals surface area (Å²) < 4.78 is 7.22. The molecule has 0 radical (unpaired) electrons. The van der Waals surface area contributed by atoms with Crippen molar-refractivity contribution in [1.82, 2.24) is 0 Å². The van der Waals surface area contributed by atoms with Crippen LogP contribution < -0.4 is 10.1 Å². The molecular formula is C14H11Br2NO2. The van der Waals surface area contributed by atoms with Gasteiger partial charge in [-0.05, 0) is 52.3 Å². The van der Waals surface area contributed by atoms with Gasteiger partial charge in [-0.3, -0.25) is 4.79 Å². The van der Waals surface area contributed by atoms with Crippen LogP contribution >= 0.6 is 31.9 Å². The summed E-state index contributed by atoms with van der Waals surface area (Å²) in [5.41, 5.74) is 0.740. The molecule has 0 saturated heterocycles. The van der Waals surface area contributed by atoms with Crippen LogP contribution in [0, 0.1) is 0 Å². The van der Waals surface area contributed by atoms with Gasteiger partial charge in [0, 0.05) is 10.2 Å². The molecule has 19 heavy (non-hydrogen) atoms. The van der Waals surface area contributed by atoms with E-state index in [1.807, 2.05) is 42.5 Å². The Hall–Kier alpha value is -1.33. The van der Waals surface area contributed by atoms with E-state index < -0.39 is 0 Å². The van der Waals surface area contributed by atoms with Crippen LogP contribution in [0.1, 0.15) is 0 Å². The number of anilines is 1. The molecule has 5 heteroatoms. The second kappa shape index (κ2) is 6.73. The van der Waals surface area contributed by atoms with E-state index in [0.717, 1.165) is 14.6 Å². The van der Waals surface area contributed by atoms with Crippen molar-refractivity contribution in [2.75, 3.05) is 11.9 Å². The summed E-state index contributed by atoms with van der Waals surface area (Å²) in [6.45, 7) is -0.0291. The van der Waals surface area contributed by atoms with Gasteiger partial charge in [0.1, 0.15) is 5.75 Å². The number of hydrogen-bond acceptors (Lipinski definition) is 2. The molecule has 98 valence electrons. The summed E-state index contributed by atoms with van der Waals surface area (Å²) >= 11 is 6.70. The fourth-order valence-corrected chi connectivity index (χ4v) is 2.10. The molecule has 0 aliphatic carbocycles. The van der Waals surface area contributed by atoms with Crippen LogP contribution in [0.5, 0.6) is 5.75 Å². The van der Waals surface area contributed by atoms with Gasteiger partial charge in [-0.2, -0.15) is 0 Å². The summed E-state index contributed by atoms with van der Waals surface area (Å²) in [4.78, 5) is 11.7. The first-order chi connectivity index (χ1) is 9.15. The molecule has 2 rings (SSSR count). The molecule has 0 unspecified atom stereocenters. The van der Waals surface area contributed by atoms with Crippen molar-refractivity contribution in [1.29, 1.82) is 0 Å². The Balaban J connectivity index is 1.88. The van der Waals surface area contributed by atoms with Gasteiger partial charge in [0.25, 0.3) is 5.91 Å². The van der Waals surface area contributed by atoms with Crippen molar-refractivity contribution in [3.63, 3.8) is 0 Å². The predicted molar refractivity (Wildman–Crippen MR) is 82.4 cm³/mol. The summed E-state index contributed by atoms with van der Waals surface area (Å²) in [6.07, 6.45) is 0. The number of hydrogen-bond donors (Lipinski definition) is 1. The number of carbonyl (C=O) groups excluding carboxylic acids is 1. The van der Waals surface area contributed by atoms with Crippen molar-refractivity contribution in [3.05, 3.63) is 57.5 Å². The van der Waals surface area contributed by atoms with Crippen molar-refractivity contribution >= 4 is 43.5 Å². The predicted octanol–water partition coefficient (Wildman–Crippen LogP) is 4.23. The van der Waals surface area contributed by atoms with Crippen molar-refractivity contribution < 1.29 is 9.53 Å². The molecule has 0 atom stereocenters. The van der Waals surface area contributed by atoms with Gasteiger partial charge in [0.05, 0.1) is 4.47 Å². The summed E-state index contributed by atoms with van der Waals surface area (Å²) in [5.74, 6) is 0.450. The Labute approximate surface area is 128 Å². The fraction of sp³-hybridized carbons (Fsp3) is 0.0714. The number of benzene rings is 2. The number of amides is 1. The molecule has 1 N–H and O–H groups in total. The first kappa shape index (κ1) is 14.1. The molecule has 0 aliphatic rings. The van der Waals surface area contributed by atoms with Crippen LogP contribution in [0.4, 0.5) is 5.69 Å². The molecule has 2 aromatic carbocycles. The number of nitrogens with one attached hydrogen (secondary N) is 1. The molecule has 0 heterocycles. The third-order valence-corrected chi connectivity index (χ3v) is 3.51. The average Bonchev–Trinajstić information content (AvgIpc) is 2.40. The Morgan fingerprint density at radius 2 is 1.74 bits per heavy atom. The zero-order chi connectivity index (χ0) is 13.7. The zero-order valence-corrected chi connectivity index (χ0v) is 13.1. The van der Waals surface area contributed by atoms with Crippen molar-refractivity contribution in [3.8, 4) is 5.75 Å². The smallest absolute Gasteiger partial charge is 0.262 e. The average molecular weight is 385 g/mol. The molecule has 0 saturated carbocycles. The number of halogens is 2. The fourth-order valence-electron chi connectivity index (χ4n) is 1.44. The SMILES string of the molecule is O=C(COc1ccccc1Br)Nc1ccc(Br)cc1. The second-order valence-electron chi connectivity index (χ2n) is 3.77.